The number of anilines is 2. The molecule has 3 amide bonds. The zero-order valence-electron chi connectivity index (χ0n) is 15.2. The highest BCUT2D eigenvalue weighted by molar-refractivity contribution is 5.95. The molecule has 0 unspecified atom stereocenters. The van der Waals surface area contributed by atoms with Crippen LogP contribution >= 0.6 is 0 Å². The number of likely N-dealkylation sites (tertiary alicyclic amines) is 1. The second-order valence-electron chi connectivity index (χ2n) is 6.91. The predicted octanol–water partition coefficient (Wildman–Crippen LogP) is 2.74. The van der Waals surface area contributed by atoms with Crippen LogP contribution in [-0.2, 0) is 4.79 Å². The minimum absolute atomic E-state index is 0.130. The number of rotatable bonds is 3. The van der Waals surface area contributed by atoms with E-state index in [1.165, 1.54) is 0 Å². The summed E-state index contributed by atoms with van der Waals surface area (Å²) in [6.45, 7) is 0.993. The van der Waals surface area contributed by atoms with Crippen molar-refractivity contribution in [2.24, 2.45) is 5.92 Å². The number of hydrogen-bond acceptors (Lipinski definition) is 3. The molecular weight excluding hydrogens is 358 g/mol. The topological polar surface area (TPSA) is 110 Å². The molecule has 3 aromatic rings. The number of benzene rings is 2. The van der Waals surface area contributed by atoms with Gasteiger partial charge in [0.1, 0.15) is 0 Å². The van der Waals surface area contributed by atoms with Gasteiger partial charge in [0.05, 0.1) is 17.0 Å². The second-order valence-corrected chi connectivity index (χ2v) is 6.91. The van der Waals surface area contributed by atoms with Gasteiger partial charge in [0.15, 0.2) is 0 Å². The third-order valence-corrected chi connectivity index (χ3v) is 4.89. The molecule has 8 heteroatoms. The van der Waals surface area contributed by atoms with E-state index in [-0.39, 0.29) is 23.5 Å². The number of amides is 3. The molecule has 1 fully saturated rings. The molecule has 2 heterocycles. The van der Waals surface area contributed by atoms with Gasteiger partial charge in [-0.25, -0.2) is 9.59 Å². The van der Waals surface area contributed by atoms with Gasteiger partial charge in [-0.1, -0.05) is 18.2 Å². The van der Waals surface area contributed by atoms with Crippen molar-refractivity contribution in [1.82, 2.24) is 14.9 Å². The number of aromatic amines is 2. The molecule has 4 rings (SSSR count). The van der Waals surface area contributed by atoms with E-state index in [0.29, 0.717) is 29.8 Å². The summed E-state index contributed by atoms with van der Waals surface area (Å²) in [4.78, 5) is 43.5. The number of fused-ring (bicyclic) bond motifs is 1. The summed E-state index contributed by atoms with van der Waals surface area (Å²) in [6, 6.07) is 14.3. The van der Waals surface area contributed by atoms with Gasteiger partial charge in [0.2, 0.25) is 5.91 Å². The molecule has 0 saturated carbocycles. The summed E-state index contributed by atoms with van der Waals surface area (Å²) in [5.41, 5.74) is 2.37. The van der Waals surface area contributed by atoms with Crippen molar-refractivity contribution in [3.8, 4) is 0 Å². The molecule has 0 radical (unpaired) electrons. The first-order chi connectivity index (χ1) is 13.6. The number of hydrogen-bond donors (Lipinski definition) is 4. The maximum atomic E-state index is 12.7. The van der Waals surface area contributed by atoms with Gasteiger partial charge >= 0.3 is 11.7 Å². The first-order valence-electron chi connectivity index (χ1n) is 9.22. The lowest BCUT2D eigenvalue weighted by Gasteiger charge is -2.32. The van der Waals surface area contributed by atoms with Crippen LogP contribution in [0.15, 0.2) is 53.3 Å². The van der Waals surface area contributed by atoms with Crippen LogP contribution in [0.1, 0.15) is 12.8 Å². The largest absolute Gasteiger partial charge is 0.326 e. The lowest BCUT2D eigenvalue weighted by atomic mass is 9.97. The highest BCUT2D eigenvalue weighted by atomic mass is 16.2. The van der Waals surface area contributed by atoms with Crippen molar-refractivity contribution < 1.29 is 9.59 Å². The Morgan fingerprint density at radius 2 is 1.75 bits per heavy atom. The third kappa shape index (κ3) is 3.90. The highest BCUT2D eigenvalue weighted by Gasteiger charge is 2.28. The van der Waals surface area contributed by atoms with E-state index >= 15 is 0 Å². The number of nitrogens with zero attached hydrogens (tertiary/aromatic N) is 1. The van der Waals surface area contributed by atoms with Crippen molar-refractivity contribution in [2.75, 3.05) is 23.7 Å². The van der Waals surface area contributed by atoms with Crippen LogP contribution in [0.5, 0.6) is 0 Å². The number of carbonyl (C=O) groups excluding carboxylic acids is 2. The van der Waals surface area contributed by atoms with Crippen LogP contribution in [0, 0.1) is 5.92 Å². The fourth-order valence-corrected chi connectivity index (χ4v) is 3.45. The Labute approximate surface area is 160 Å². The third-order valence-electron chi connectivity index (χ3n) is 4.89. The molecule has 2 aromatic carbocycles. The SMILES string of the molecule is O=C(Nc1ccc2[nH]c(=O)[nH]c2c1)[C@H]1CCCN(C(=O)Nc2ccccc2)C1. The lowest BCUT2D eigenvalue weighted by molar-refractivity contribution is -0.121. The first kappa shape index (κ1) is 17.8. The molecule has 0 spiro atoms. The fourth-order valence-electron chi connectivity index (χ4n) is 3.45. The van der Waals surface area contributed by atoms with E-state index in [2.05, 4.69) is 20.6 Å². The van der Waals surface area contributed by atoms with Crippen molar-refractivity contribution in [1.29, 1.82) is 0 Å². The standard InChI is InChI=1S/C20H21N5O3/c26-18(21-15-8-9-16-17(11-15)24-19(27)23-16)13-5-4-10-25(12-13)20(28)22-14-6-2-1-3-7-14/h1-3,6-9,11,13H,4-5,10,12H2,(H,21,26)(H,22,28)(H2,23,24,27)/t13-/m0/s1. The molecule has 1 atom stereocenters. The van der Waals surface area contributed by atoms with E-state index < -0.39 is 0 Å². The number of para-hydroxylation sites is 1. The molecule has 0 bridgehead atoms. The van der Waals surface area contributed by atoms with Crippen molar-refractivity contribution >= 4 is 34.3 Å². The Morgan fingerprint density at radius 3 is 2.57 bits per heavy atom. The van der Waals surface area contributed by atoms with Gasteiger partial charge in [-0.2, -0.15) is 0 Å². The van der Waals surface area contributed by atoms with Crippen molar-refractivity contribution in [3.63, 3.8) is 0 Å². The summed E-state index contributed by atoms with van der Waals surface area (Å²) in [6.07, 6.45) is 1.49. The lowest BCUT2D eigenvalue weighted by Crippen LogP contribution is -2.45. The summed E-state index contributed by atoms with van der Waals surface area (Å²) >= 11 is 0. The van der Waals surface area contributed by atoms with Crippen LogP contribution in [0.3, 0.4) is 0 Å². The van der Waals surface area contributed by atoms with E-state index in [9.17, 15) is 14.4 Å². The molecule has 28 heavy (non-hydrogen) atoms. The molecule has 4 N–H and O–H groups in total. The van der Waals surface area contributed by atoms with Crippen molar-refractivity contribution in [3.05, 3.63) is 59.0 Å². The summed E-state index contributed by atoms with van der Waals surface area (Å²) in [5.74, 6) is -0.411. The number of urea groups is 1. The Morgan fingerprint density at radius 1 is 0.964 bits per heavy atom. The Balaban J connectivity index is 1.39. The second kappa shape index (κ2) is 7.59. The maximum absolute atomic E-state index is 12.7. The summed E-state index contributed by atoms with van der Waals surface area (Å²) in [5, 5.41) is 5.75. The Kier molecular flexibility index (Phi) is 4.84. The molecular formula is C20H21N5O3. The molecule has 0 aliphatic carbocycles. The molecule has 144 valence electrons. The number of piperidine rings is 1. The van der Waals surface area contributed by atoms with Crippen LogP contribution in [0.25, 0.3) is 11.0 Å². The number of aromatic nitrogens is 2. The zero-order chi connectivity index (χ0) is 19.5. The minimum atomic E-state index is -0.286. The normalized spacial score (nSPS) is 16.7. The Hall–Kier alpha value is -3.55. The van der Waals surface area contributed by atoms with E-state index in [1.54, 1.807) is 23.1 Å². The summed E-state index contributed by atoms with van der Waals surface area (Å²) < 4.78 is 0. The quantitative estimate of drug-likeness (QED) is 0.561. The van der Waals surface area contributed by atoms with E-state index in [0.717, 1.165) is 18.5 Å². The van der Waals surface area contributed by atoms with Crippen LogP contribution < -0.4 is 16.3 Å². The minimum Gasteiger partial charge on any atom is -0.326 e. The summed E-state index contributed by atoms with van der Waals surface area (Å²) in [7, 11) is 0. The molecule has 1 aliphatic rings. The molecule has 1 saturated heterocycles. The number of nitrogens with one attached hydrogen (secondary N) is 4. The fraction of sp³-hybridized carbons (Fsp3) is 0.250. The average Bonchev–Trinajstić information content (AvgIpc) is 3.08. The van der Waals surface area contributed by atoms with Gasteiger partial charge in [-0.3, -0.25) is 4.79 Å². The average molecular weight is 379 g/mol. The van der Waals surface area contributed by atoms with Gasteiger partial charge in [0.25, 0.3) is 0 Å². The number of H-pyrrole nitrogens is 2. The Bertz CT molecular complexity index is 1060. The zero-order valence-corrected chi connectivity index (χ0v) is 15.2. The van der Waals surface area contributed by atoms with Gasteiger partial charge in [-0.05, 0) is 43.2 Å². The van der Waals surface area contributed by atoms with Crippen molar-refractivity contribution in [2.45, 2.75) is 12.8 Å². The monoisotopic (exact) mass is 379 g/mol. The predicted molar refractivity (Wildman–Crippen MR) is 107 cm³/mol. The van der Waals surface area contributed by atoms with Gasteiger partial charge in [-0.15, -0.1) is 0 Å². The highest BCUT2D eigenvalue weighted by Crippen LogP contribution is 2.21. The number of carbonyl (C=O) groups is 2. The molecule has 1 aliphatic heterocycles. The number of imidazole rings is 1. The maximum Gasteiger partial charge on any atom is 0.323 e. The van der Waals surface area contributed by atoms with Gasteiger partial charge in [0, 0.05) is 24.5 Å². The van der Waals surface area contributed by atoms with E-state index in [1.807, 2.05) is 30.3 Å². The first-order valence-corrected chi connectivity index (χ1v) is 9.22. The molecule has 8 nitrogen and oxygen atoms in total. The van der Waals surface area contributed by atoms with Gasteiger partial charge < -0.3 is 25.5 Å². The smallest absolute Gasteiger partial charge is 0.323 e. The van der Waals surface area contributed by atoms with E-state index in [4.69, 9.17) is 0 Å². The van der Waals surface area contributed by atoms with Crippen LogP contribution in [-0.4, -0.2) is 39.9 Å². The van der Waals surface area contributed by atoms with Crippen LogP contribution in [0.4, 0.5) is 16.2 Å². The van der Waals surface area contributed by atoms with Crippen LogP contribution in [0.2, 0.25) is 0 Å². The molecule has 1 aromatic heterocycles.